The zero-order valence-corrected chi connectivity index (χ0v) is 11.8. The van der Waals surface area contributed by atoms with Gasteiger partial charge in [0.25, 0.3) is 0 Å². The van der Waals surface area contributed by atoms with Crippen LogP contribution in [0.4, 0.5) is 11.4 Å². The number of nitrogens with zero attached hydrogens (tertiary/aromatic N) is 2. The number of pyridine rings is 1. The van der Waals surface area contributed by atoms with Crippen LogP contribution in [0.5, 0.6) is 0 Å². The summed E-state index contributed by atoms with van der Waals surface area (Å²) in [5.41, 5.74) is 1.58. The first-order chi connectivity index (χ1) is 10.2. The van der Waals surface area contributed by atoms with Crippen molar-refractivity contribution in [1.82, 2.24) is 10.3 Å². The Morgan fingerprint density at radius 1 is 1.38 bits per heavy atom. The van der Waals surface area contributed by atoms with Crippen molar-refractivity contribution in [1.29, 1.82) is 0 Å². The van der Waals surface area contributed by atoms with Gasteiger partial charge in [0.2, 0.25) is 11.8 Å². The van der Waals surface area contributed by atoms with Crippen LogP contribution in [-0.4, -0.2) is 36.4 Å². The van der Waals surface area contributed by atoms with Crippen LogP contribution in [0.2, 0.25) is 0 Å². The van der Waals surface area contributed by atoms with E-state index in [0.717, 1.165) is 38.0 Å². The number of anilines is 2. The molecule has 1 unspecified atom stereocenters. The van der Waals surface area contributed by atoms with Crippen molar-refractivity contribution >= 4 is 23.2 Å². The number of carbonyl (C=O) groups excluding carboxylic acids is 2. The van der Waals surface area contributed by atoms with Crippen LogP contribution in [0.15, 0.2) is 18.5 Å². The predicted molar refractivity (Wildman–Crippen MR) is 77.9 cm³/mol. The van der Waals surface area contributed by atoms with Gasteiger partial charge in [-0.2, -0.15) is 0 Å². The second kappa shape index (κ2) is 4.53. The molecule has 1 saturated heterocycles. The molecule has 21 heavy (non-hydrogen) atoms. The molecule has 6 nitrogen and oxygen atoms in total. The normalized spacial score (nSPS) is 26.2. The van der Waals surface area contributed by atoms with Crippen molar-refractivity contribution in [2.24, 2.45) is 11.3 Å². The van der Waals surface area contributed by atoms with Gasteiger partial charge < -0.3 is 15.5 Å². The Labute approximate surface area is 122 Å². The molecule has 2 amide bonds. The van der Waals surface area contributed by atoms with Crippen LogP contribution in [-0.2, 0) is 9.59 Å². The molecule has 1 aromatic heterocycles. The maximum Gasteiger partial charge on any atom is 0.244 e. The molecule has 1 spiro atoms. The van der Waals surface area contributed by atoms with Crippen molar-refractivity contribution in [3.63, 3.8) is 0 Å². The van der Waals surface area contributed by atoms with Crippen LogP contribution in [0.3, 0.4) is 0 Å². The Morgan fingerprint density at radius 2 is 2.19 bits per heavy atom. The largest absolute Gasteiger partial charge is 0.321 e. The highest BCUT2D eigenvalue weighted by Crippen LogP contribution is 2.59. The molecule has 1 aromatic rings. The number of carbonyl (C=O) groups is 2. The molecular formula is C15H18N4O2. The average molecular weight is 286 g/mol. The van der Waals surface area contributed by atoms with Crippen molar-refractivity contribution < 1.29 is 9.59 Å². The Hall–Kier alpha value is -1.95. The highest BCUT2D eigenvalue weighted by atomic mass is 16.2. The van der Waals surface area contributed by atoms with Gasteiger partial charge in [0.05, 0.1) is 17.6 Å². The van der Waals surface area contributed by atoms with E-state index < -0.39 is 0 Å². The highest BCUT2D eigenvalue weighted by Gasteiger charge is 2.59. The maximum absolute atomic E-state index is 12.8. The first-order valence-corrected chi connectivity index (χ1v) is 7.46. The van der Waals surface area contributed by atoms with Crippen LogP contribution in [0, 0.1) is 11.3 Å². The summed E-state index contributed by atoms with van der Waals surface area (Å²) in [7, 11) is 0. The Balaban J connectivity index is 1.59. The van der Waals surface area contributed by atoms with Crippen LogP contribution < -0.4 is 15.5 Å². The van der Waals surface area contributed by atoms with Crippen molar-refractivity contribution in [3.05, 3.63) is 18.5 Å². The molecule has 2 aliphatic heterocycles. The number of aromatic nitrogens is 1. The van der Waals surface area contributed by atoms with Crippen molar-refractivity contribution in [2.45, 2.75) is 19.3 Å². The number of rotatable bonds is 1. The quantitative estimate of drug-likeness (QED) is 0.799. The number of hydrogen-bond acceptors (Lipinski definition) is 4. The molecule has 1 aliphatic carbocycles. The second-order valence-corrected chi connectivity index (χ2v) is 6.23. The molecule has 3 heterocycles. The number of fused-ring (bicyclic) bond motifs is 1. The molecule has 4 rings (SSSR count). The zero-order valence-electron chi connectivity index (χ0n) is 11.8. The summed E-state index contributed by atoms with van der Waals surface area (Å²) in [5.74, 6) is 0.0228. The molecular weight excluding hydrogens is 268 g/mol. The summed E-state index contributed by atoms with van der Waals surface area (Å²) in [4.78, 5) is 30.3. The van der Waals surface area contributed by atoms with Gasteiger partial charge in [-0.1, -0.05) is 0 Å². The van der Waals surface area contributed by atoms with Gasteiger partial charge >= 0.3 is 0 Å². The lowest BCUT2D eigenvalue weighted by Gasteiger charge is -2.30. The number of piperidine rings is 1. The van der Waals surface area contributed by atoms with Gasteiger partial charge in [-0.05, 0) is 43.8 Å². The minimum absolute atomic E-state index is 0.0755. The van der Waals surface area contributed by atoms with E-state index in [2.05, 4.69) is 15.6 Å². The van der Waals surface area contributed by atoms with E-state index in [1.54, 1.807) is 23.4 Å². The van der Waals surface area contributed by atoms with Crippen LogP contribution in [0.1, 0.15) is 19.3 Å². The monoisotopic (exact) mass is 286 g/mol. The van der Waals surface area contributed by atoms with Crippen molar-refractivity contribution in [3.8, 4) is 0 Å². The Kier molecular flexibility index (Phi) is 2.75. The fourth-order valence-electron chi connectivity index (χ4n) is 3.70. The van der Waals surface area contributed by atoms with E-state index >= 15 is 0 Å². The maximum atomic E-state index is 12.8. The molecule has 6 heteroatoms. The minimum atomic E-state index is -0.149. The van der Waals surface area contributed by atoms with E-state index in [0.29, 0.717) is 5.69 Å². The topological polar surface area (TPSA) is 74.3 Å². The van der Waals surface area contributed by atoms with Gasteiger partial charge in [0.1, 0.15) is 6.54 Å². The highest BCUT2D eigenvalue weighted by molar-refractivity contribution is 6.11. The molecule has 1 atom stereocenters. The third-order valence-electron chi connectivity index (χ3n) is 5.02. The lowest BCUT2D eigenvalue weighted by Crippen LogP contribution is -2.44. The van der Waals surface area contributed by atoms with Gasteiger partial charge in [0, 0.05) is 12.1 Å². The molecule has 1 saturated carbocycles. The first kappa shape index (κ1) is 12.8. The van der Waals surface area contributed by atoms with Gasteiger partial charge in [-0.25, -0.2) is 0 Å². The SMILES string of the molecule is O=C1CN(C(=O)C2CC23CCNCC3)c2ccncc2N1. The van der Waals surface area contributed by atoms with E-state index in [-0.39, 0.29) is 29.7 Å². The lowest BCUT2D eigenvalue weighted by molar-refractivity contribution is -0.123. The van der Waals surface area contributed by atoms with Gasteiger partial charge in [-0.3, -0.25) is 14.6 Å². The third-order valence-corrected chi connectivity index (χ3v) is 5.02. The predicted octanol–water partition coefficient (Wildman–Crippen LogP) is 0.756. The fraction of sp³-hybridized carbons (Fsp3) is 0.533. The van der Waals surface area contributed by atoms with Crippen LogP contribution in [0.25, 0.3) is 0 Å². The van der Waals surface area contributed by atoms with Gasteiger partial charge in [-0.15, -0.1) is 0 Å². The molecule has 3 aliphatic rings. The molecule has 110 valence electrons. The lowest BCUT2D eigenvalue weighted by atomic mass is 9.91. The van der Waals surface area contributed by atoms with Crippen molar-refractivity contribution in [2.75, 3.05) is 29.9 Å². The van der Waals surface area contributed by atoms with Gasteiger partial charge in [0.15, 0.2) is 0 Å². The summed E-state index contributed by atoms with van der Waals surface area (Å²) in [5, 5.41) is 6.11. The molecule has 2 N–H and O–H groups in total. The summed E-state index contributed by atoms with van der Waals surface area (Å²) < 4.78 is 0. The number of nitrogens with one attached hydrogen (secondary N) is 2. The molecule has 0 radical (unpaired) electrons. The number of hydrogen-bond donors (Lipinski definition) is 2. The van der Waals surface area contributed by atoms with E-state index in [9.17, 15) is 9.59 Å². The third kappa shape index (κ3) is 2.01. The average Bonchev–Trinajstić information content (AvgIpc) is 3.19. The second-order valence-electron chi connectivity index (χ2n) is 6.23. The summed E-state index contributed by atoms with van der Waals surface area (Å²) in [6.45, 7) is 2.09. The van der Waals surface area contributed by atoms with E-state index in [1.807, 2.05) is 0 Å². The smallest absolute Gasteiger partial charge is 0.244 e. The standard InChI is InChI=1S/C15H18N4O2/c20-13-9-19(12-1-4-17-8-11(12)18-13)14(21)10-7-15(10)2-5-16-6-3-15/h1,4,8,10,16H,2-3,5-7,9H2,(H,18,20). The summed E-state index contributed by atoms with van der Waals surface area (Å²) >= 11 is 0. The zero-order chi connectivity index (χ0) is 14.4. The van der Waals surface area contributed by atoms with E-state index in [1.165, 1.54) is 0 Å². The van der Waals surface area contributed by atoms with Crippen LogP contribution >= 0.6 is 0 Å². The Morgan fingerprint density at radius 3 is 3.00 bits per heavy atom. The molecule has 0 bridgehead atoms. The van der Waals surface area contributed by atoms with E-state index in [4.69, 9.17) is 0 Å². The summed E-state index contributed by atoms with van der Waals surface area (Å²) in [6, 6.07) is 1.80. The molecule has 2 fully saturated rings. The minimum Gasteiger partial charge on any atom is -0.321 e. The fourth-order valence-corrected chi connectivity index (χ4v) is 3.70. The number of amides is 2. The molecule has 0 aromatic carbocycles. The Bertz CT molecular complexity index is 609. The summed E-state index contributed by atoms with van der Waals surface area (Å²) in [6.07, 6.45) is 6.34. The first-order valence-electron chi connectivity index (χ1n) is 7.46.